The van der Waals surface area contributed by atoms with Gasteiger partial charge >= 0.3 is 7.12 Å². The Labute approximate surface area is 151 Å². The van der Waals surface area contributed by atoms with Crippen LogP contribution in [0.2, 0.25) is 0 Å². The molecule has 1 heterocycles. The molecular weight excluding hydrogens is 342 g/mol. The molecule has 8 nitrogen and oxygen atoms in total. The van der Waals surface area contributed by atoms with Crippen LogP contribution >= 0.6 is 0 Å². The van der Waals surface area contributed by atoms with Crippen molar-refractivity contribution in [3.63, 3.8) is 0 Å². The molecule has 1 aromatic carbocycles. The zero-order chi connectivity index (χ0) is 19.8. The number of hydrogen-bond acceptors (Lipinski definition) is 8. The van der Waals surface area contributed by atoms with Gasteiger partial charge in [0.25, 0.3) is 0 Å². The number of phenolic OH excluding ortho intramolecular Hbond substituents is 3. The fraction of sp³-hybridized carbons (Fsp3) is 0.500. The van der Waals surface area contributed by atoms with Gasteiger partial charge in [-0.2, -0.15) is 0 Å². The highest BCUT2D eigenvalue weighted by atomic mass is 16.7. The molecule has 2 atom stereocenters. The van der Waals surface area contributed by atoms with Crippen molar-refractivity contribution in [2.24, 2.45) is 0 Å². The van der Waals surface area contributed by atoms with Crippen LogP contribution < -0.4 is 5.46 Å². The lowest BCUT2D eigenvalue weighted by atomic mass is 9.66. The highest BCUT2D eigenvalue weighted by Gasteiger charge is 2.56. The van der Waals surface area contributed by atoms with E-state index < -0.39 is 53.5 Å². The highest BCUT2D eigenvalue weighted by Crippen LogP contribution is 2.51. The van der Waals surface area contributed by atoms with Crippen molar-refractivity contribution in [3.8, 4) is 17.2 Å². The molecule has 0 spiro atoms. The lowest BCUT2D eigenvalue weighted by molar-refractivity contribution is 0.00578. The smallest absolute Gasteiger partial charge is 0.499 e. The van der Waals surface area contributed by atoms with E-state index in [0.29, 0.717) is 0 Å². The Bertz CT molecular complexity index is 801. The first-order valence-corrected chi connectivity index (χ1v) is 8.24. The lowest BCUT2D eigenvalue weighted by Crippen LogP contribution is -2.41. The van der Waals surface area contributed by atoms with Crippen LogP contribution in [0.3, 0.4) is 0 Å². The van der Waals surface area contributed by atoms with Crippen molar-refractivity contribution < 1.29 is 39.9 Å². The summed E-state index contributed by atoms with van der Waals surface area (Å²) in [5.41, 5.74) is -2.22. The number of phenols is 3. The predicted octanol–water partition coefficient (Wildman–Crippen LogP) is -0.630. The van der Waals surface area contributed by atoms with Gasteiger partial charge in [0.2, 0.25) is 0 Å². The molecule has 0 saturated carbocycles. The summed E-state index contributed by atoms with van der Waals surface area (Å²) in [5, 5.41) is 61.9. The van der Waals surface area contributed by atoms with Crippen LogP contribution in [0.4, 0.5) is 0 Å². The van der Waals surface area contributed by atoms with E-state index in [-0.39, 0.29) is 22.1 Å². The minimum Gasteiger partial charge on any atom is -0.510 e. The third kappa shape index (κ3) is 2.33. The van der Waals surface area contributed by atoms with Crippen LogP contribution in [0, 0.1) is 0 Å². The van der Waals surface area contributed by atoms with Gasteiger partial charge in [-0.1, -0.05) is 0 Å². The number of aliphatic hydroxyl groups is 3. The Balaban J connectivity index is 2.29. The topological polar surface area (TPSA) is 140 Å². The summed E-state index contributed by atoms with van der Waals surface area (Å²) in [6.07, 6.45) is -3.47. The summed E-state index contributed by atoms with van der Waals surface area (Å²) >= 11 is 0. The monoisotopic (exact) mass is 364 g/mol. The second-order valence-electron chi connectivity index (χ2n) is 7.74. The Kier molecular flexibility index (Phi) is 4.04. The predicted molar refractivity (Wildman–Crippen MR) is 96.2 cm³/mol. The van der Waals surface area contributed by atoms with Gasteiger partial charge in [-0.25, -0.2) is 0 Å². The molecule has 1 aliphatic heterocycles. The largest absolute Gasteiger partial charge is 0.510 e. The summed E-state index contributed by atoms with van der Waals surface area (Å²) in [4.78, 5) is 0. The average molecular weight is 364 g/mol. The maximum absolute atomic E-state index is 10.5. The summed E-state index contributed by atoms with van der Waals surface area (Å²) in [5.74, 6) is -2.42. The first kappa shape index (κ1) is 18.9. The van der Waals surface area contributed by atoms with Gasteiger partial charge in [-0.3, -0.25) is 0 Å². The zero-order valence-corrected chi connectivity index (χ0v) is 15.2. The number of aliphatic hydroxyl groups excluding tert-OH is 3. The fourth-order valence-corrected chi connectivity index (χ4v) is 3.21. The van der Waals surface area contributed by atoms with E-state index in [1.165, 1.54) is 7.85 Å². The molecule has 0 amide bonds. The maximum Gasteiger partial charge on any atom is 0.499 e. The number of aromatic hydroxyl groups is 3. The molecule has 26 heavy (non-hydrogen) atoms. The van der Waals surface area contributed by atoms with Gasteiger partial charge in [0.1, 0.15) is 31.6 Å². The second-order valence-corrected chi connectivity index (χ2v) is 7.74. The minimum absolute atomic E-state index is 0.0674. The van der Waals surface area contributed by atoms with Crippen molar-refractivity contribution >= 4 is 25.9 Å². The van der Waals surface area contributed by atoms with Crippen LogP contribution in [0.25, 0.3) is 5.47 Å². The highest BCUT2D eigenvalue weighted by molar-refractivity contribution is 6.69. The molecule has 1 aliphatic carbocycles. The van der Waals surface area contributed by atoms with Crippen molar-refractivity contribution in [2.75, 3.05) is 0 Å². The molecule has 1 fully saturated rings. The zero-order valence-electron chi connectivity index (χ0n) is 15.2. The Hall–Kier alpha value is -1.87. The Morgan fingerprint density at radius 1 is 0.846 bits per heavy atom. The van der Waals surface area contributed by atoms with Crippen LogP contribution in [0.5, 0.6) is 17.2 Å². The molecule has 0 bridgehead atoms. The third-order valence-electron chi connectivity index (χ3n) is 5.61. The molecule has 140 valence electrons. The molecule has 2 unspecified atom stereocenters. The lowest BCUT2D eigenvalue weighted by Gasteiger charge is -2.32. The van der Waals surface area contributed by atoms with Gasteiger partial charge in [-0.15, -0.1) is 0 Å². The molecule has 3 rings (SSSR count). The van der Waals surface area contributed by atoms with E-state index in [0.717, 1.165) is 0 Å². The molecule has 2 aliphatic rings. The van der Waals surface area contributed by atoms with E-state index in [4.69, 9.17) is 9.31 Å². The number of benzene rings is 1. The molecular formula is C16H22B2O8. The van der Waals surface area contributed by atoms with Gasteiger partial charge < -0.3 is 39.9 Å². The molecule has 10 heteroatoms. The van der Waals surface area contributed by atoms with Crippen molar-refractivity contribution in [2.45, 2.75) is 51.1 Å². The molecule has 0 radical (unpaired) electrons. The van der Waals surface area contributed by atoms with Crippen LogP contribution in [0.15, 0.2) is 5.76 Å². The van der Waals surface area contributed by atoms with Crippen LogP contribution in [-0.4, -0.2) is 62.9 Å². The van der Waals surface area contributed by atoms with Crippen molar-refractivity contribution in [1.82, 2.24) is 0 Å². The van der Waals surface area contributed by atoms with Gasteiger partial charge in [0.15, 0.2) is 11.5 Å². The summed E-state index contributed by atoms with van der Waals surface area (Å²) < 4.78 is 11.7. The SMILES string of the molecule is Bc1c(O)c(O)c2c(c1O)C(O)C(O)C(O)=C2B1OC(C)(C)C(C)(C)O1. The number of fused-ring (bicyclic) bond motifs is 1. The Morgan fingerprint density at radius 3 is 1.85 bits per heavy atom. The fourth-order valence-electron chi connectivity index (χ4n) is 3.21. The summed E-state index contributed by atoms with van der Waals surface area (Å²) in [7, 11) is 0.143. The molecule has 1 aromatic rings. The van der Waals surface area contributed by atoms with E-state index in [9.17, 15) is 30.6 Å². The number of rotatable bonds is 1. The quantitative estimate of drug-likeness (QED) is 0.220. The average Bonchev–Trinajstić information content (AvgIpc) is 2.75. The standard InChI is InChI=1S/C16H22B2O8/c1-15(2)16(3,4)26-18(25-15)8-5-6(11(21)14(24)13(8)23)9(19)7(17)12(22)10(5)20/h11,14,19-24H,17H2,1-4H3. The van der Waals surface area contributed by atoms with Gasteiger partial charge in [-0.05, 0) is 33.2 Å². The summed E-state index contributed by atoms with van der Waals surface area (Å²) in [6.45, 7) is 7.13. The first-order valence-electron chi connectivity index (χ1n) is 8.24. The summed E-state index contributed by atoms with van der Waals surface area (Å²) in [6, 6.07) is 0. The van der Waals surface area contributed by atoms with Gasteiger partial charge in [0.05, 0.1) is 11.2 Å². The first-order chi connectivity index (χ1) is 11.8. The van der Waals surface area contributed by atoms with Gasteiger partial charge in [0, 0.05) is 16.6 Å². The van der Waals surface area contributed by atoms with E-state index in [1.54, 1.807) is 27.7 Å². The van der Waals surface area contributed by atoms with E-state index >= 15 is 0 Å². The van der Waals surface area contributed by atoms with Crippen molar-refractivity contribution in [3.05, 3.63) is 16.9 Å². The minimum atomic E-state index is -1.76. The van der Waals surface area contributed by atoms with E-state index in [2.05, 4.69) is 0 Å². The van der Waals surface area contributed by atoms with Crippen molar-refractivity contribution in [1.29, 1.82) is 0 Å². The molecule has 0 aromatic heterocycles. The van der Waals surface area contributed by atoms with Crippen LogP contribution in [-0.2, 0) is 9.31 Å². The van der Waals surface area contributed by atoms with E-state index in [1.807, 2.05) is 0 Å². The number of hydrogen-bond donors (Lipinski definition) is 6. The molecule has 6 N–H and O–H groups in total. The maximum atomic E-state index is 10.5. The Morgan fingerprint density at radius 2 is 1.35 bits per heavy atom. The molecule has 1 saturated heterocycles. The normalized spacial score (nSPS) is 26.9. The second kappa shape index (κ2) is 5.56. The third-order valence-corrected chi connectivity index (χ3v) is 5.61. The van der Waals surface area contributed by atoms with Crippen LogP contribution in [0.1, 0.15) is 44.9 Å².